The quantitative estimate of drug-likeness (QED) is 0.290. The SMILES string of the molecule is CC(C)(C)NC(=O)N[C@H](C(=O)N1C[C@H]2[C@@H]([C@H]1C(=O)NCC(=O)C(N)=O)C2(Cl)Cl)C1Cc2ccccc2C1. The Bertz CT molecular complexity index is 1130. The van der Waals surface area contributed by atoms with Crippen LogP contribution in [0.2, 0.25) is 0 Å². The van der Waals surface area contributed by atoms with Crippen molar-refractivity contribution < 1.29 is 24.0 Å². The molecule has 200 valence electrons. The highest BCUT2D eigenvalue weighted by Crippen LogP contribution is 2.65. The molecule has 5 amide bonds. The van der Waals surface area contributed by atoms with Gasteiger partial charge in [-0.05, 0) is 50.7 Å². The number of urea groups is 1. The maximum Gasteiger partial charge on any atom is 0.315 e. The molecule has 37 heavy (non-hydrogen) atoms. The molecule has 1 aromatic rings. The summed E-state index contributed by atoms with van der Waals surface area (Å²) in [4.78, 5) is 64.1. The van der Waals surface area contributed by atoms with Crippen molar-refractivity contribution in [3.8, 4) is 0 Å². The minimum atomic E-state index is -1.19. The fraction of sp³-hybridized carbons (Fsp3) is 0.560. The zero-order valence-electron chi connectivity index (χ0n) is 20.8. The molecule has 12 heteroatoms. The Morgan fingerprint density at radius 2 is 1.70 bits per heavy atom. The normalized spacial score (nSPS) is 24.5. The van der Waals surface area contributed by atoms with Crippen LogP contribution < -0.4 is 21.7 Å². The standard InChI is InChI=1S/C25H31Cl2N5O5/c1-24(2,3)31-23(37)30-18(14-8-12-6-4-5-7-13(12)9-14)22(36)32-11-15-17(25(15,26)27)19(32)21(35)29-10-16(33)20(28)34/h4-7,14-15,17-19H,8-11H2,1-3H3,(H2,28,34)(H,29,35)(H2,30,31,37)/t15-,17-,18-,19-/m0/s1. The molecule has 1 heterocycles. The van der Waals surface area contributed by atoms with Gasteiger partial charge in [0.2, 0.25) is 17.6 Å². The van der Waals surface area contributed by atoms with E-state index < -0.39 is 64.0 Å². The molecule has 4 rings (SSSR count). The van der Waals surface area contributed by atoms with Gasteiger partial charge in [-0.3, -0.25) is 19.2 Å². The number of primary amides is 1. The molecule has 0 bridgehead atoms. The molecule has 2 aliphatic carbocycles. The van der Waals surface area contributed by atoms with Crippen LogP contribution in [0.4, 0.5) is 4.79 Å². The molecule has 0 unspecified atom stereocenters. The lowest BCUT2D eigenvalue weighted by molar-refractivity contribution is -0.142. The molecule has 5 N–H and O–H groups in total. The largest absolute Gasteiger partial charge is 0.363 e. The average molecular weight is 552 g/mol. The van der Waals surface area contributed by atoms with Crippen molar-refractivity contribution in [1.82, 2.24) is 20.9 Å². The van der Waals surface area contributed by atoms with E-state index in [9.17, 15) is 24.0 Å². The number of amides is 5. The summed E-state index contributed by atoms with van der Waals surface area (Å²) >= 11 is 12.8. The summed E-state index contributed by atoms with van der Waals surface area (Å²) in [6, 6.07) is 5.38. The van der Waals surface area contributed by atoms with Gasteiger partial charge < -0.3 is 26.6 Å². The van der Waals surface area contributed by atoms with Crippen molar-refractivity contribution in [2.45, 2.75) is 55.6 Å². The van der Waals surface area contributed by atoms with E-state index in [4.69, 9.17) is 28.9 Å². The molecule has 2 fully saturated rings. The number of nitrogens with two attached hydrogens (primary N) is 1. The van der Waals surface area contributed by atoms with Crippen LogP contribution in [0, 0.1) is 17.8 Å². The second-order valence-electron chi connectivity index (χ2n) is 11.0. The van der Waals surface area contributed by atoms with Crippen LogP contribution in [0.25, 0.3) is 0 Å². The van der Waals surface area contributed by atoms with Gasteiger partial charge in [-0.1, -0.05) is 24.3 Å². The maximum atomic E-state index is 14.0. The Balaban J connectivity index is 1.57. The van der Waals surface area contributed by atoms with E-state index in [-0.39, 0.29) is 18.4 Å². The Hall–Kier alpha value is -2.85. The number of halogens is 2. The van der Waals surface area contributed by atoms with E-state index in [1.54, 1.807) is 0 Å². The molecule has 1 aliphatic heterocycles. The third kappa shape index (κ3) is 5.55. The van der Waals surface area contributed by atoms with E-state index >= 15 is 0 Å². The van der Waals surface area contributed by atoms with Crippen molar-refractivity contribution in [2.75, 3.05) is 13.1 Å². The Kier molecular flexibility index (Phi) is 7.20. The van der Waals surface area contributed by atoms with Gasteiger partial charge in [0.15, 0.2) is 0 Å². The topological polar surface area (TPSA) is 151 Å². The number of hydrogen-bond donors (Lipinski definition) is 4. The van der Waals surface area contributed by atoms with Gasteiger partial charge in [-0.25, -0.2) is 4.79 Å². The second-order valence-corrected chi connectivity index (χ2v) is 12.5. The molecule has 10 nitrogen and oxygen atoms in total. The van der Waals surface area contributed by atoms with Crippen molar-refractivity contribution in [3.05, 3.63) is 35.4 Å². The molecular weight excluding hydrogens is 521 g/mol. The van der Waals surface area contributed by atoms with Crippen LogP contribution in [-0.4, -0.2) is 69.5 Å². The van der Waals surface area contributed by atoms with E-state index in [2.05, 4.69) is 16.0 Å². The highest BCUT2D eigenvalue weighted by atomic mass is 35.5. The fourth-order valence-corrected chi connectivity index (χ4v) is 6.23. The number of nitrogens with one attached hydrogen (secondary N) is 3. The molecule has 0 aromatic heterocycles. The van der Waals surface area contributed by atoms with Crippen LogP contribution in [0.3, 0.4) is 0 Å². The van der Waals surface area contributed by atoms with Crippen molar-refractivity contribution in [1.29, 1.82) is 0 Å². The number of Topliss-reactive ketones (excluding diaryl/α,β-unsaturated/α-hetero) is 1. The van der Waals surface area contributed by atoms with Gasteiger partial charge in [0, 0.05) is 23.9 Å². The number of carbonyl (C=O) groups excluding carboxylic acids is 5. The highest BCUT2D eigenvalue weighted by Gasteiger charge is 2.74. The molecule has 1 aromatic carbocycles. The highest BCUT2D eigenvalue weighted by molar-refractivity contribution is 6.51. The summed E-state index contributed by atoms with van der Waals surface area (Å²) in [5.74, 6) is -4.36. The summed E-state index contributed by atoms with van der Waals surface area (Å²) in [7, 11) is 0. The number of ketones is 1. The van der Waals surface area contributed by atoms with E-state index in [0.29, 0.717) is 12.8 Å². The number of carbonyl (C=O) groups is 5. The van der Waals surface area contributed by atoms with Gasteiger partial charge in [0.1, 0.15) is 16.4 Å². The van der Waals surface area contributed by atoms with Crippen molar-refractivity contribution >= 4 is 52.7 Å². The third-order valence-corrected chi connectivity index (χ3v) is 8.24. The number of fused-ring (bicyclic) bond motifs is 2. The first-order chi connectivity index (χ1) is 17.2. The van der Waals surface area contributed by atoms with Gasteiger partial charge in [-0.15, -0.1) is 23.2 Å². The maximum absolute atomic E-state index is 14.0. The monoisotopic (exact) mass is 551 g/mol. The average Bonchev–Trinajstić information content (AvgIpc) is 3.19. The predicted octanol–water partition coefficient (Wildman–Crippen LogP) is 0.669. The van der Waals surface area contributed by atoms with E-state index in [0.717, 1.165) is 11.1 Å². The first-order valence-electron chi connectivity index (χ1n) is 12.1. The first-order valence-corrected chi connectivity index (χ1v) is 12.9. The number of alkyl halides is 2. The van der Waals surface area contributed by atoms with E-state index in [1.807, 2.05) is 45.0 Å². The first kappa shape index (κ1) is 27.2. The Labute approximate surface area is 225 Å². The van der Waals surface area contributed by atoms with Crippen LogP contribution in [0.15, 0.2) is 24.3 Å². The lowest BCUT2D eigenvalue weighted by atomic mass is 9.94. The Morgan fingerprint density at radius 3 is 2.24 bits per heavy atom. The fourth-order valence-electron chi connectivity index (χ4n) is 5.40. The smallest absolute Gasteiger partial charge is 0.315 e. The van der Waals surface area contributed by atoms with Crippen molar-refractivity contribution in [3.63, 3.8) is 0 Å². The minimum Gasteiger partial charge on any atom is -0.363 e. The summed E-state index contributed by atoms with van der Waals surface area (Å²) in [6.45, 7) is 5.01. The number of likely N-dealkylation sites (tertiary alicyclic amines) is 1. The number of nitrogens with zero attached hydrogens (tertiary/aromatic N) is 1. The van der Waals surface area contributed by atoms with Gasteiger partial charge in [0.05, 0.1) is 6.54 Å². The number of rotatable bonds is 7. The van der Waals surface area contributed by atoms with Crippen LogP contribution in [0.1, 0.15) is 31.9 Å². The zero-order valence-corrected chi connectivity index (χ0v) is 22.4. The molecule has 1 saturated heterocycles. The van der Waals surface area contributed by atoms with Gasteiger partial charge >= 0.3 is 6.03 Å². The number of benzene rings is 1. The summed E-state index contributed by atoms with van der Waals surface area (Å²) in [5.41, 5.74) is 6.65. The lowest BCUT2D eigenvalue weighted by Gasteiger charge is -2.34. The lowest BCUT2D eigenvalue weighted by Crippen LogP contribution is -2.60. The molecule has 4 atom stereocenters. The summed E-state index contributed by atoms with van der Waals surface area (Å²) in [5, 5.41) is 8.05. The van der Waals surface area contributed by atoms with Gasteiger partial charge in [-0.2, -0.15) is 0 Å². The van der Waals surface area contributed by atoms with Crippen LogP contribution in [0.5, 0.6) is 0 Å². The molecule has 0 spiro atoms. The van der Waals surface area contributed by atoms with Crippen LogP contribution in [-0.2, 0) is 32.0 Å². The minimum absolute atomic E-state index is 0.122. The third-order valence-electron chi connectivity index (χ3n) is 7.18. The number of hydrogen-bond acceptors (Lipinski definition) is 5. The summed E-state index contributed by atoms with van der Waals surface area (Å²) < 4.78 is -1.19. The Morgan fingerprint density at radius 1 is 1.11 bits per heavy atom. The molecule has 3 aliphatic rings. The van der Waals surface area contributed by atoms with Crippen LogP contribution >= 0.6 is 23.2 Å². The number of piperidine rings is 1. The van der Waals surface area contributed by atoms with E-state index in [1.165, 1.54) is 4.90 Å². The van der Waals surface area contributed by atoms with Crippen molar-refractivity contribution in [2.24, 2.45) is 23.5 Å². The molecule has 1 saturated carbocycles. The molecular formula is C25H31Cl2N5O5. The second kappa shape index (κ2) is 9.79. The predicted molar refractivity (Wildman–Crippen MR) is 137 cm³/mol. The zero-order chi connectivity index (χ0) is 27.3. The van der Waals surface area contributed by atoms with Gasteiger partial charge in [0.25, 0.3) is 5.91 Å². The molecule has 0 radical (unpaired) electrons. The summed E-state index contributed by atoms with van der Waals surface area (Å²) in [6.07, 6.45) is 1.17.